The van der Waals surface area contributed by atoms with Gasteiger partial charge in [-0.25, -0.2) is 8.78 Å². The van der Waals surface area contributed by atoms with Crippen molar-refractivity contribution in [2.24, 2.45) is 10.8 Å². The maximum absolute atomic E-state index is 13.7. The molecule has 5 heteroatoms. The first-order chi connectivity index (χ1) is 6.93. The first kappa shape index (κ1) is 17.0. The summed E-state index contributed by atoms with van der Waals surface area (Å²) < 4.78 is 27.2. The fourth-order valence-electron chi connectivity index (χ4n) is 1.95. The molecule has 0 saturated carbocycles. The predicted molar refractivity (Wildman–Crippen MR) is 79.7 cm³/mol. The van der Waals surface area contributed by atoms with Crippen LogP contribution in [0, 0.1) is 10.8 Å². The molecule has 0 unspecified atom stereocenters. The van der Waals surface area contributed by atoms with Crippen molar-refractivity contribution in [1.29, 1.82) is 0 Å². The van der Waals surface area contributed by atoms with Crippen LogP contribution in [0.15, 0.2) is 0 Å². The molecule has 0 N–H and O–H groups in total. The summed E-state index contributed by atoms with van der Waals surface area (Å²) in [6.45, 7) is 6.89. The second kappa shape index (κ2) is 5.75. The molecule has 0 atom stereocenters. The first-order valence-electron chi connectivity index (χ1n) is 5.06. The number of carbonyl (C=O) groups is 1. The van der Waals surface area contributed by atoms with Gasteiger partial charge in [-0.2, -0.15) is 0 Å². The van der Waals surface area contributed by atoms with Gasteiger partial charge in [0.05, 0.1) is 4.43 Å². The third kappa shape index (κ3) is 5.10. The SMILES string of the molecule is CC(C)(CC(=O)I)CC(C)(C)C(F)(F)CI. The summed E-state index contributed by atoms with van der Waals surface area (Å²) in [5, 5.41) is 0. The summed E-state index contributed by atoms with van der Waals surface area (Å²) in [7, 11) is 0. The normalized spacial score (nSPS) is 14.0. The van der Waals surface area contributed by atoms with E-state index in [1.807, 2.05) is 13.8 Å². The molecule has 0 aromatic rings. The highest BCUT2D eigenvalue weighted by molar-refractivity contribution is 14.1. The minimum Gasteiger partial charge on any atom is -0.288 e. The zero-order valence-corrected chi connectivity index (χ0v) is 14.4. The molecule has 0 aliphatic rings. The summed E-state index contributed by atoms with van der Waals surface area (Å²) in [5.74, 6) is -2.70. The van der Waals surface area contributed by atoms with Crippen molar-refractivity contribution < 1.29 is 13.6 Å². The molecule has 0 spiro atoms. The molecule has 0 rings (SSSR count). The molecular weight excluding hydrogens is 440 g/mol. The monoisotopic (exact) mass is 458 g/mol. The number of hydrogen-bond acceptors (Lipinski definition) is 1. The van der Waals surface area contributed by atoms with Gasteiger partial charge in [-0.3, -0.25) is 4.79 Å². The van der Waals surface area contributed by atoms with E-state index in [1.165, 1.54) is 0 Å². The Labute approximate surface area is 123 Å². The molecule has 16 heavy (non-hydrogen) atoms. The van der Waals surface area contributed by atoms with Crippen molar-refractivity contribution in [1.82, 2.24) is 0 Å². The van der Waals surface area contributed by atoms with Gasteiger partial charge in [-0.05, 0) is 34.4 Å². The van der Waals surface area contributed by atoms with Crippen molar-refractivity contribution in [2.75, 3.05) is 4.43 Å². The molecule has 1 nitrogen and oxygen atoms in total. The number of hydrogen-bond donors (Lipinski definition) is 0. The molecule has 0 saturated heterocycles. The Morgan fingerprint density at radius 2 is 1.62 bits per heavy atom. The van der Waals surface area contributed by atoms with Crippen molar-refractivity contribution in [3.8, 4) is 0 Å². The number of rotatable bonds is 6. The van der Waals surface area contributed by atoms with Gasteiger partial charge in [-0.1, -0.05) is 50.3 Å². The number of carbonyl (C=O) groups excluding carboxylic acids is 1. The zero-order chi connectivity index (χ0) is 13.2. The summed E-state index contributed by atoms with van der Waals surface area (Å²) >= 11 is 3.44. The average molecular weight is 458 g/mol. The lowest BCUT2D eigenvalue weighted by molar-refractivity contribution is -0.116. The Balaban J connectivity index is 4.76. The Morgan fingerprint density at radius 3 is 1.94 bits per heavy atom. The minimum atomic E-state index is -2.70. The van der Waals surface area contributed by atoms with Crippen LogP contribution in [-0.4, -0.2) is 14.1 Å². The van der Waals surface area contributed by atoms with Gasteiger partial charge in [0.2, 0.25) is 0 Å². The third-order valence-corrected chi connectivity index (χ3v) is 4.04. The molecule has 0 heterocycles. The van der Waals surface area contributed by atoms with Crippen LogP contribution in [0.1, 0.15) is 40.5 Å². The molecule has 96 valence electrons. The lowest BCUT2D eigenvalue weighted by Crippen LogP contribution is -2.41. The van der Waals surface area contributed by atoms with Crippen molar-refractivity contribution in [2.45, 2.75) is 46.5 Å². The van der Waals surface area contributed by atoms with Crippen LogP contribution in [0.3, 0.4) is 0 Å². The Hall–Kier alpha value is 0.990. The quantitative estimate of drug-likeness (QED) is 0.316. The van der Waals surface area contributed by atoms with Crippen LogP contribution >= 0.6 is 45.2 Å². The van der Waals surface area contributed by atoms with Gasteiger partial charge < -0.3 is 0 Å². The summed E-state index contributed by atoms with van der Waals surface area (Å²) in [6, 6.07) is 0. The second-order valence-corrected chi connectivity index (χ2v) is 7.56. The first-order valence-corrected chi connectivity index (χ1v) is 7.66. The summed E-state index contributed by atoms with van der Waals surface area (Å²) in [6.07, 6.45) is 0.680. The van der Waals surface area contributed by atoms with Gasteiger partial charge in [0, 0.05) is 11.8 Å². The van der Waals surface area contributed by atoms with E-state index >= 15 is 0 Å². The van der Waals surface area contributed by atoms with Gasteiger partial charge in [0.25, 0.3) is 5.92 Å². The Morgan fingerprint density at radius 1 is 1.19 bits per heavy atom. The molecule has 0 amide bonds. The van der Waals surface area contributed by atoms with Gasteiger partial charge in [-0.15, -0.1) is 0 Å². The van der Waals surface area contributed by atoms with E-state index in [4.69, 9.17) is 0 Å². The van der Waals surface area contributed by atoms with Crippen LogP contribution in [0.4, 0.5) is 8.78 Å². The zero-order valence-electron chi connectivity index (χ0n) is 10.0. The van der Waals surface area contributed by atoms with Crippen LogP contribution in [0.5, 0.6) is 0 Å². The number of halogens is 4. The van der Waals surface area contributed by atoms with Gasteiger partial charge in [0.1, 0.15) is 0 Å². The highest BCUT2D eigenvalue weighted by Crippen LogP contribution is 2.46. The average Bonchev–Trinajstić information content (AvgIpc) is 1.98. The largest absolute Gasteiger partial charge is 0.288 e. The number of alkyl halides is 3. The van der Waals surface area contributed by atoms with E-state index in [9.17, 15) is 13.6 Å². The van der Waals surface area contributed by atoms with Crippen molar-refractivity contribution >= 4 is 49.0 Å². The van der Waals surface area contributed by atoms with E-state index in [0.29, 0.717) is 12.8 Å². The smallest absolute Gasteiger partial charge is 0.261 e. The van der Waals surface area contributed by atoms with E-state index < -0.39 is 11.3 Å². The van der Waals surface area contributed by atoms with E-state index in [2.05, 4.69) is 0 Å². The van der Waals surface area contributed by atoms with Crippen LogP contribution in [-0.2, 0) is 4.79 Å². The van der Waals surface area contributed by atoms with Crippen molar-refractivity contribution in [3.05, 3.63) is 0 Å². The third-order valence-electron chi connectivity index (χ3n) is 2.70. The van der Waals surface area contributed by atoms with Gasteiger partial charge in [0.15, 0.2) is 3.79 Å². The molecule has 0 fully saturated rings. The Bertz CT molecular complexity index is 263. The van der Waals surface area contributed by atoms with Crippen LogP contribution in [0.25, 0.3) is 0 Å². The van der Waals surface area contributed by atoms with Gasteiger partial charge >= 0.3 is 0 Å². The minimum absolute atomic E-state index is 0.0242. The van der Waals surface area contributed by atoms with E-state index in [-0.39, 0.29) is 13.6 Å². The maximum atomic E-state index is 13.7. The lowest BCUT2D eigenvalue weighted by Gasteiger charge is -2.39. The highest BCUT2D eigenvalue weighted by Gasteiger charge is 2.48. The standard InChI is InChI=1S/C11H18F2I2O/c1-9(2,5-8(15)16)6-10(3,4)11(12,13)7-14/h5-7H2,1-4H3. The van der Waals surface area contributed by atoms with Crippen LogP contribution < -0.4 is 0 Å². The molecule has 0 aliphatic carbocycles. The molecule has 0 aromatic heterocycles. The summed E-state index contributed by atoms with van der Waals surface area (Å²) in [5.41, 5.74) is -1.46. The topological polar surface area (TPSA) is 17.1 Å². The lowest BCUT2D eigenvalue weighted by atomic mass is 9.71. The Kier molecular flexibility index (Phi) is 6.11. The van der Waals surface area contributed by atoms with E-state index in [0.717, 1.165) is 0 Å². The fraction of sp³-hybridized carbons (Fsp3) is 0.909. The predicted octanol–water partition coefficient (Wildman–Crippen LogP) is 4.85. The second-order valence-electron chi connectivity index (χ2n) is 5.59. The molecule has 0 aromatic carbocycles. The van der Waals surface area contributed by atoms with E-state index in [1.54, 1.807) is 59.0 Å². The fourth-order valence-corrected chi connectivity index (χ4v) is 4.01. The molecule has 0 radical (unpaired) electrons. The molecular formula is C11H18F2I2O. The molecule has 0 bridgehead atoms. The highest BCUT2D eigenvalue weighted by atomic mass is 127. The molecule has 0 aliphatic heterocycles. The maximum Gasteiger partial charge on any atom is 0.261 e. The summed E-state index contributed by atoms with van der Waals surface area (Å²) in [4.78, 5) is 11.1. The van der Waals surface area contributed by atoms with Crippen LogP contribution in [0.2, 0.25) is 0 Å². The van der Waals surface area contributed by atoms with Crippen molar-refractivity contribution in [3.63, 3.8) is 0 Å².